The second kappa shape index (κ2) is 7.93. The minimum atomic E-state index is 0.0732. The number of pyridine rings is 1. The molecule has 0 aliphatic carbocycles. The second-order valence-electron chi connectivity index (χ2n) is 4.91. The van der Waals surface area contributed by atoms with Gasteiger partial charge in [0.05, 0.1) is 0 Å². The first-order valence-electron chi connectivity index (χ1n) is 7.40. The van der Waals surface area contributed by atoms with Gasteiger partial charge in [-0.1, -0.05) is 43.7 Å². The van der Waals surface area contributed by atoms with Crippen molar-refractivity contribution in [3.63, 3.8) is 0 Å². The number of aryl methyl sites for hydroxylation is 1. The lowest BCUT2D eigenvalue weighted by atomic mass is 10.2. The fraction of sp³-hybridized carbons (Fsp3) is 0.353. The number of nitrogens with one attached hydrogen (secondary N) is 1. The fourth-order valence-electron chi connectivity index (χ4n) is 2.29. The molecule has 0 bridgehead atoms. The molecule has 1 heterocycles. The van der Waals surface area contributed by atoms with Gasteiger partial charge in [-0.2, -0.15) is 0 Å². The van der Waals surface area contributed by atoms with Crippen LogP contribution in [0.25, 0.3) is 0 Å². The molecule has 2 aromatic rings. The Morgan fingerprint density at radius 2 is 1.86 bits per heavy atom. The van der Waals surface area contributed by atoms with E-state index in [9.17, 15) is 4.79 Å². The average Bonchev–Trinajstić information content (AvgIpc) is 2.51. The quantitative estimate of drug-likeness (QED) is 0.783. The molecule has 21 heavy (non-hydrogen) atoms. The van der Waals surface area contributed by atoms with Gasteiger partial charge in [0.25, 0.3) is 5.56 Å². The van der Waals surface area contributed by atoms with Crippen LogP contribution in [0.1, 0.15) is 31.5 Å². The highest BCUT2D eigenvalue weighted by atomic mass is 32.2. The minimum Gasteiger partial charge on any atom is -0.325 e. The van der Waals surface area contributed by atoms with Crippen LogP contribution in [0.3, 0.4) is 0 Å². The first kappa shape index (κ1) is 15.7. The van der Waals surface area contributed by atoms with Gasteiger partial charge in [-0.3, -0.25) is 4.79 Å². The number of anilines is 1. The molecule has 0 atom stereocenters. The van der Waals surface area contributed by atoms with Crippen LogP contribution in [0, 0.1) is 0 Å². The van der Waals surface area contributed by atoms with E-state index >= 15 is 0 Å². The first-order valence-corrected chi connectivity index (χ1v) is 8.39. The number of aromatic nitrogens is 1. The lowest BCUT2D eigenvalue weighted by molar-refractivity contribution is 0.667. The third-order valence-electron chi connectivity index (χ3n) is 3.35. The first-order chi connectivity index (χ1) is 10.3. The Kier molecular flexibility index (Phi) is 5.93. The van der Waals surface area contributed by atoms with Gasteiger partial charge in [0.2, 0.25) is 0 Å². The molecule has 1 aromatic carbocycles. The number of hydrogen-bond acceptors (Lipinski definition) is 3. The number of rotatable bonds is 7. The Balaban J connectivity index is 2.05. The van der Waals surface area contributed by atoms with Crippen molar-refractivity contribution >= 4 is 17.6 Å². The molecule has 0 fully saturated rings. The fourth-order valence-corrected chi connectivity index (χ4v) is 3.03. The number of benzene rings is 1. The maximum Gasteiger partial charge on any atom is 0.274 e. The average molecular weight is 302 g/mol. The van der Waals surface area contributed by atoms with Crippen molar-refractivity contribution in [1.82, 2.24) is 4.57 Å². The maximum absolute atomic E-state index is 12.4. The van der Waals surface area contributed by atoms with Crippen LogP contribution in [0.15, 0.2) is 47.3 Å². The third-order valence-corrected chi connectivity index (χ3v) is 4.19. The van der Waals surface area contributed by atoms with E-state index in [1.165, 1.54) is 5.56 Å². The lowest BCUT2D eigenvalue weighted by Gasteiger charge is -2.13. The summed E-state index contributed by atoms with van der Waals surface area (Å²) in [5, 5.41) is 0. The van der Waals surface area contributed by atoms with E-state index in [1.807, 2.05) is 35.8 Å². The van der Waals surface area contributed by atoms with Gasteiger partial charge in [-0.05, 0) is 43.0 Å². The number of nitrogens with zero attached hydrogens (tertiary/aromatic N) is 1. The van der Waals surface area contributed by atoms with E-state index in [1.54, 1.807) is 11.9 Å². The molecular weight excluding hydrogens is 280 g/mol. The molecule has 1 aromatic heterocycles. The molecule has 0 aliphatic heterocycles. The van der Waals surface area contributed by atoms with Gasteiger partial charge in [0, 0.05) is 18.0 Å². The van der Waals surface area contributed by atoms with E-state index in [0.717, 1.165) is 24.3 Å². The Hall–Kier alpha value is -1.68. The summed E-state index contributed by atoms with van der Waals surface area (Å²) in [5.41, 5.74) is 3.10. The van der Waals surface area contributed by atoms with E-state index in [0.29, 0.717) is 12.2 Å². The van der Waals surface area contributed by atoms with Crippen molar-refractivity contribution in [3.8, 4) is 0 Å². The van der Waals surface area contributed by atoms with Gasteiger partial charge in [0.15, 0.2) is 0 Å². The van der Waals surface area contributed by atoms with Crippen molar-refractivity contribution in [2.75, 3.05) is 4.72 Å². The summed E-state index contributed by atoms with van der Waals surface area (Å²) in [6.07, 6.45) is 2.00. The molecule has 2 rings (SSSR count). The zero-order valence-corrected chi connectivity index (χ0v) is 13.5. The van der Waals surface area contributed by atoms with Crippen LogP contribution in [0.2, 0.25) is 0 Å². The summed E-state index contributed by atoms with van der Waals surface area (Å²) >= 11 is 1.55. The highest BCUT2D eigenvalue weighted by Gasteiger charge is 2.07. The van der Waals surface area contributed by atoms with Crippen molar-refractivity contribution in [2.45, 2.75) is 39.0 Å². The Bertz CT molecular complexity index is 622. The molecule has 1 N–H and O–H groups in total. The van der Waals surface area contributed by atoms with Gasteiger partial charge in [-0.15, -0.1) is 0 Å². The van der Waals surface area contributed by atoms with Crippen LogP contribution in [-0.4, -0.2) is 4.57 Å². The largest absolute Gasteiger partial charge is 0.325 e. The molecule has 0 saturated carbocycles. The SMILES string of the molecule is CCCc1ccc(NSCc2ccccc2)c(=O)n1CC. The summed E-state index contributed by atoms with van der Waals surface area (Å²) in [6.45, 7) is 4.86. The molecule has 0 radical (unpaired) electrons. The summed E-state index contributed by atoms with van der Waals surface area (Å²) in [4.78, 5) is 12.4. The molecule has 0 spiro atoms. The predicted octanol–water partition coefficient (Wildman–Crippen LogP) is 4.08. The number of hydrogen-bond donors (Lipinski definition) is 1. The van der Waals surface area contributed by atoms with E-state index < -0.39 is 0 Å². The zero-order chi connectivity index (χ0) is 15.1. The highest BCUT2D eigenvalue weighted by molar-refractivity contribution is 7.99. The predicted molar refractivity (Wildman–Crippen MR) is 91.7 cm³/mol. The van der Waals surface area contributed by atoms with Crippen LogP contribution < -0.4 is 10.3 Å². The van der Waals surface area contributed by atoms with Crippen molar-refractivity contribution in [3.05, 3.63) is 64.1 Å². The summed E-state index contributed by atoms with van der Waals surface area (Å²) in [5.74, 6) is 0.836. The highest BCUT2D eigenvalue weighted by Crippen LogP contribution is 2.15. The molecule has 0 amide bonds. The van der Waals surface area contributed by atoms with E-state index in [2.05, 4.69) is 29.8 Å². The summed E-state index contributed by atoms with van der Waals surface area (Å²) in [6, 6.07) is 14.2. The van der Waals surface area contributed by atoms with Crippen LogP contribution in [-0.2, 0) is 18.7 Å². The summed E-state index contributed by atoms with van der Waals surface area (Å²) < 4.78 is 5.04. The van der Waals surface area contributed by atoms with E-state index in [-0.39, 0.29) is 5.56 Å². The van der Waals surface area contributed by atoms with Crippen molar-refractivity contribution in [2.24, 2.45) is 0 Å². The minimum absolute atomic E-state index is 0.0732. The molecule has 0 unspecified atom stereocenters. The van der Waals surface area contributed by atoms with Crippen molar-refractivity contribution in [1.29, 1.82) is 0 Å². The normalized spacial score (nSPS) is 10.6. The standard InChI is InChI=1S/C17H22N2OS/c1-3-8-15-11-12-16(17(20)19(15)4-2)18-21-13-14-9-6-5-7-10-14/h5-7,9-12,18H,3-4,8,13H2,1-2H3. The van der Waals surface area contributed by atoms with E-state index in [4.69, 9.17) is 0 Å². The van der Waals surface area contributed by atoms with Gasteiger partial charge in [-0.25, -0.2) is 0 Å². The van der Waals surface area contributed by atoms with Crippen LogP contribution >= 0.6 is 11.9 Å². The van der Waals surface area contributed by atoms with Crippen molar-refractivity contribution < 1.29 is 0 Å². The lowest BCUT2D eigenvalue weighted by Crippen LogP contribution is -2.24. The second-order valence-corrected chi connectivity index (χ2v) is 5.70. The Labute approximate surface area is 130 Å². The molecule has 0 saturated heterocycles. The van der Waals surface area contributed by atoms with Gasteiger partial charge < -0.3 is 9.29 Å². The van der Waals surface area contributed by atoms with Gasteiger partial charge in [0.1, 0.15) is 5.69 Å². The Morgan fingerprint density at radius 3 is 2.52 bits per heavy atom. The monoisotopic (exact) mass is 302 g/mol. The smallest absolute Gasteiger partial charge is 0.274 e. The maximum atomic E-state index is 12.4. The molecular formula is C17H22N2OS. The molecule has 112 valence electrons. The third kappa shape index (κ3) is 4.14. The van der Waals surface area contributed by atoms with Crippen LogP contribution in [0.4, 0.5) is 5.69 Å². The molecule has 3 nitrogen and oxygen atoms in total. The Morgan fingerprint density at radius 1 is 1.10 bits per heavy atom. The van der Waals surface area contributed by atoms with Crippen LogP contribution in [0.5, 0.6) is 0 Å². The summed E-state index contributed by atoms with van der Waals surface area (Å²) in [7, 11) is 0. The zero-order valence-electron chi connectivity index (χ0n) is 12.6. The molecule has 4 heteroatoms. The van der Waals surface area contributed by atoms with Gasteiger partial charge >= 0.3 is 0 Å². The topological polar surface area (TPSA) is 34.0 Å². The molecule has 0 aliphatic rings.